The van der Waals surface area contributed by atoms with Gasteiger partial charge < -0.3 is 9.64 Å². The fourth-order valence-corrected chi connectivity index (χ4v) is 2.98. The summed E-state index contributed by atoms with van der Waals surface area (Å²) in [5, 5.41) is 1.79. The molecule has 2 aromatic rings. The molecule has 1 fully saturated rings. The maximum Gasteiger partial charge on any atom is 0.273 e. The molecule has 1 aliphatic heterocycles. The molecule has 0 aliphatic carbocycles. The van der Waals surface area contributed by atoms with Crippen LogP contribution in [-0.4, -0.2) is 35.0 Å². The van der Waals surface area contributed by atoms with Crippen molar-refractivity contribution in [3.63, 3.8) is 0 Å². The van der Waals surface area contributed by atoms with Crippen LogP contribution >= 0.6 is 11.3 Å². The second kappa shape index (κ2) is 5.73. The number of rotatable bonds is 2. The lowest BCUT2D eigenvalue weighted by Crippen LogP contribution is -2.46. The molecule has 0 spiro atoms. The monoisotopic (exact) mass is 288 g/mol. The summed E-state index contributed by atoms with van der Waals surface area (Å²) in [5.74, 6) is -0.0117. The van der Waals surface area contributed by atoms with E-state index in [1.54, 1.807) is 10.9 Å². The number of amides is 1. The minimum absolute atomic E-state index is 0.0117. The minimum Gasteiger partial charge on any atom is -0.367 e. The highest BCUT2D eigenvalue weighted by Crippen LogP contribution is 2.25. The van der Waals surface area contributed by atoms with Crippen molar-refractivity contribution in [2.75, 3.05) is 13.1 Å². The molecule has 1 saturated heterocycles. The Morgan fingerprint density at radius 1 is 1.35 bits per heavy atom. The number of carbonyl (C=O) groups is 1. The topological polar surface area (TPSA) is 42.4 Å². The number of morpholine rings is 1. The third-order valence-electron chi connectivity index (χ3n) is 3.37. The van der Waals surface area contributed by atoms with Gasteiger partial charge in [-0.1, -0.05) is 30.3 Å². The molecule has 0 N–H and O–H groups in total. The highest BCUT2D eigenvalue weighted by molar-refractivity contribution is 7.07. The van der Waals surface area contributed by atoms with Gasteiger partial charge in [0, 0.05) is 11.9 Å². The number of ether oxygens (including phenoxy) is 1. The fraction of sp³-hybridized carbons (Fsp3) is 0.333. The molecular formula is C15H16N2O2S. The maximum absolute atomic E-state index is 12.4. The minimum atomic E-state index is -0.0671. The van der Waals surface area contributed by atoms with Crippen LogP contribution in [0.25, 0.3) is 0 Å². The lowest BCUT2D eigenvalue weighted by Gasteiger charge is -2.36. The summed E-state index contributed by atoms with van der Waals surface area (Å²) in [5.41, 5.74) is 3.32. The Morgan fingerprint density at radius 3 is 2.85 bits per heavy atom. The van der Waals surface area contributed by atoms with Crippen LogP contribution < -0.4 is 0 Å². The van der Waals surface area contributed by atoms with Crippen molar-refractivity contribution in [2.45, 2.75) is 19.1 Å². The molecule has 1 aromatic heterocycles. The molecule has 4 nitrogen and oxygen atoms in total. The molecule has 0 saturated carbocycles. The van der Waals surface area contributed by atoms with Crippen molar-refractivity contribution in [1.82, 2.24) is 9.88 Å². The zero-order valence-electron chi connectivity index (χ0n) is 11.2. The quantitative estimate of drug-likeness (QED) is 0.853. The number of benzene rings is 1. The Hall–Kier alpha value is -1.72. The van der Waals surface area contributed by atoms with Gasteiger partial charge in [0.2, 0.25) is 0 Å². The summed E-state index contributed by atoms with van der Waals surface area (Å²) in [6.07, 6.45) is -0.0425. The van der Waals surface area contributed by atoms with Gasteiger partial charge in [0.1, 0.15) is 11.8 Å². The normalized spacial score (nSPS) is 22.8. The van der Waals surface area contributed by atoms with Crippen LogP contribution in [0.2, 0.25) is 0 Å². The van der Waals surface area contributed by atoms with E-state index in [4.69, 9.17) is 4.74 Å². The highest BCUT2D eigenvalue weighted by Gasteiger charge is 2.30. The number of nitrogens with zero attached hydrogens (tertiary/aromatic N) is 2. The van der Waals surface area contributed by atoms with Crippen molar-refractivity contribution in [1.29, 1.82) is 0 Å². The molecule has 2 atom stereocenters. The first-order valence-corrected chi connectivity index (χ1v) is 7.56. The number of thiazole rings is 1. The molecule has 1 amide bonds. The van der Waals surface area contributed by atoms with Crippen molar-refractivity contribution < 1.29 is 9.53 Å². The summed E-state index contributed by atoms with van der Waals surface area (Å²) in [6.45, 7) is 3.18. The molecule has 1 aromatic carbocycles. The summed E-state index contributed by atoms with van der Waals surface area (Å²) in [4.78, 5) is 18.3. The maximum atomic E-state index is 12.4. The van der Waals surface area contributed by atoms with Crippen LogP contribution in [0, 0.1) is 0 Å². The van der Waals surface area contributed by atoms with E-state index >= 15 is 0 Å². The zero-order valence-corrected chi connectivity index (χ0v) is 12.0. The Balaban J connectivity index is 1.78. The van der Waals surface area contributed by atoms with E-state index in [-0.39, 0.29) is 18.1 Å². The standard InChI is InChI=1S/C15H16N2O2S/c1-11-7-17(15(18)13-9-20-10-16-13)8-14(19-11)12-5-3-2-4-6-12/h2-6,9-11,14H,7-8H2,1H3. The van der Waals surface area contributed by atoms with Gasteiger partial charge in [-0.25, -0.2) is 4.98 Å². The molecule has 0 radical (unpaired) electrons. The van der Waals surface area contributed by atoms with Crippen molar-refractivity contribution in [2.24, 2.45) is 0 Å². The second-order valence-corrected chi connectivity index (χ2v) is 5.65. The average molecular weight is 288 g/mol. The van der Waals surface area contributed by atoms with Crippen molar-refractivity contribution in [3.05, 3.63) is 52.5 Å². The Labute approximate surface area is 122 Å². The number of carbonyl (C=O) groups excluding carboxylic acids is 1. The summed E-state index contributed by atoms with van der Waals surface area (Å²) >= 11 is 1.44. The van der Waals surface area contributed by atoms with E-state index in [2.05, 4.69) is 4.98 Å². The molecule has 20 heavy (non-hydrogen) atoms. The first-order valence-electron chi connectivity index (χ1n) is 6.62. The molecule has 3 rings (SSSR count). The predicted molar refractivity (Wildman–Crippen MR) is 77.7 cm³/mol. The second-order valence-electron chi connectivity index (χ2n) is 4.93. The summed E-state index contributed by atoms with van der Waals surface area (Å²) in [7, 11) is 0. The number of hydrogen-bond acceptors (Lipinski definition) is 4. The Kier molecular flexibility index (Phi) is 3.80. The first kappa shape index (κ1) is 13.3. The van der Waals surface area contributed by atoms with E-state index in [1.807, 2.05) is 42.2 Å². The van der Waals surface area contributed by atoms with E-state index in [9.17, 15) is 4.79 Å². The molecule has 0 bridgehead atoms. The highest BCUT2D eigenvalue weighted by atomic mass is 32.1. The third kappa shape index (κ3) is 2.73. The molecule has 2 unspecified atom stereocenters. The third-order valence-corrected chi connectivity index (χ3v) is 3.96. The first-order chi connectivity index (χ1) is 9.74. The smallest absolute Gasteiger partial charge is 0.273 e. The van der Waals surface area contributed by atoms with Crippen LogP contribution in [0.4, 0.5) is 0 Å². The van der Waals surface area contributed by atoms with E-state index in [0.29, 0.717) is 18.8 Å². The van der Waals surface area contributed by atoms with Crippen LogP contribution in [0.15, 0.2) is 41.2 Å². The fourth-order valence-electron chi connectivity index (χ4n) is 2.45. The van der Waals surface area contributed by atoms with Gasteiger partial charge in [0.05, 0.1) is 18.2 Å². The molecule has 104 valence electrons. The van der Waals surface area contributed by atoms with Gasteiger partial charge in [0.25, 0.3) is 5.91 Å². The SMILES string of the molecule is CC1CN(C(=O)c2cscn2)CC(c2ccccc2)O1. The average Bonchev–Trinajstić information content (AvgIpc) is 3.01. The summed E-state index contributed by atoms with van der Waals surface area (Å²) in [6, 6.07) is 10.0. The van der Waals surface area contributed by atoms with Gasteiger partial charge in [-0.15, -0.1) is 11.3 Å². The van der Waals surface area contributed by atoms with Gasteiger partial charge in [-0.05, 0) is 12.5 Å². The van der Waals surface area contributed by atoms with Gasteiger partial charge >= 0.3 is 0 Å². The van der Waals surface area contributed by atoms with Crippen molar-refractivity contribution >= 4 is 17.2 Å². The molecule has 2 heterocycles. The van der Waals surface area contributed by atoms with Crippen LogP contribution in [0.1, 0.15) is 29.1 Å². The van der Waals surface area contributed by atoms with Gasteiger partial charge in [-0.3, -0.25) is 4.79 Å². The Bertz CT molecular complexity index is 571. The van der Waals surface area contributed by atoms with Gasteiger partial charge in [-0.2, -0.15) is 0 Å². The van der Waals surface area contributed by atoms with Crippen LogP contribution in [-0.2, 0) is 4.74 Å². The largest absolute Gasteiger partial charge is 0.367 e. The molecule has 1 aliphatic rings. The van der Waals surface area contributed by atoms with E-state index in [1.165, 1.54) is 11.3 Å². The lowest BCUT2D eigenvalue weighted by molar-refractivity contribution is -0.0692. The van der Waals surface area contributed by atoms with Crippen LogP contribution in [0.5, 0.6) is 0 Å². The van der Waals surface area contributed by atoms with Gasteiger partial charge in [0.15, 0.2) is 0 Å². The van der Waals surface area contributed by atoms with E-state index in [0.717, 1.165) is 5.56 Å². The predicted octanol–water partition coefficient (Wildman–Crippen LogP) is 2.75. The summed E-state index contributed by atoms with van der Waals surface area (Å²) < 4.78 is 5.96. The molecular weight excluding hydrogens is 272 g/mol. The van der Waals surface area contributed by atoms with Crippen molar-refractivity contribution in [3.8, 4) is 0 Å². The van der Waals surface area contributed by atoms with E-state index < -0.39 is 0 Å². The number of aromatic nitrogens is 1. The Morgan fingerprint density at radius 2 is 2.15 bits per heavy atom. The lowest BCUT2D eigenvalue weighted by atomic mass is 10.1. The zero-order chi connectivity index (χ0) is 13.9. The number of hydrogen-bond donors (Lipinski definition) is 0. The molecule has 5 heteroatoms. The van der Waals surface area contributed by atoms with Crippen LogP contribution in [0.3, 0.4) is 0 Å².